The van der Waals surface area contributed by atoms with Crippen molar-refractivity contribution < 1.29 is 122 Å². The number of alkyl halides is 13. The van der Waals surface area contributed by atoms with Crippen molar-refractivity contribution in [2.75, 3.05) is 26.3 Å². The molecule has 384 valence electrons. The van der Waals surface area contributed by atoms with Gasteiger partial charge >= 0.3 is 35.8 Å². The van der Waals surface area contributed by atoms with Crippen molar-refractivity contribution in [3.05, 3.63) is 36.0 Å². The van der Waals surface area contributed by atoms with Crippen LogP contribution in [0.4, 0.5) is 57.1 Å². The molecule has 0 radical (unpaired) electrons. The van der Waals surface area contributed by atoms with Gasteiger partial charge in [0.05, 0.1) is 13.2 Å². The average Bonchev–Trinajstić information content (AvgIpc) is 3.68. The molecule has 30 heteroatoms. The van der Waals surface area contributed by atoms with E-state index in [1.165, 1.54) is 5.32 Å². The number of aliphatic hydroxyl groups is 8. The molecule has 12 N–H and O–H groups in total. The number of unbranched alkanes of at least 4 members (excludes halogenated alkanes) is 1. The number of amides is 3. The number of ether oxygens (including phenoxy) is 2. The van der Waals surface area contributed by atoms with Crippen LogP contribution in [0.5, 0.6) is 0 Å². The number of rotatable bonds is 25. The summed E-state index contributed by atoms with van der Waals surface area (Å²) < 4.78 is 187. The molecule has 1 aliphatic rings. The molecular formula is C37H47F13N4O13. The molecule has 0 spiro atoms. The number of para-hydroxylation sites is 1. The van der Waals surface area contributed by atoms with Crippen molar-refractivity contribution in [1.29, 1.82) is 0 Å². The molecule has 3 amide bonds. The Labute approximate surface area is 369 Å². The minimum absolute atomic E-state index is 0.0206. The second-order valence-electron chi connectivity index (χ2n) is 15.3. The van der Waals surface area contributed by atoms with Crippen LogP contribution in [0.3, 0.4) is 0 Å². The van der Waals surface area contributed by atoms with Crippen LogP contribution in [0.25, 0.3) is 10.9 Å². The number of fused-ring (bicyclic) bond motifs is 1. The van der Waals surface area contributed by atoms with Gasteiger partial charge in [-0.2, -0.15) is 57.1 Å². The number of halogens is 13. The first-order chi connectivity index (χ1) is 30.8. The third kappa shape index (κ3) is 12.6. The normalized spacial score (nSPS) is 22.4. The van der Waals surface area contributed by atoms with Crippen molar-refractivity contribution in [1.82, 2.24) is 20.9 Å². The van der Waals surface area contributed by atoms with Crippen LogP contribution in [-0.4, -0.2) is 187 Å². The van der Waals surface area contributed by atoms with Gasteiger partial charge in [-0.1, -0.05) is 18.2 Å². The number of aromatic nitrogens is 1. The number of hydrogen-bond acceptors (Lipinski definition) is 13. The fraction of sp³-hybridized carbons (Fsp3) is 0.703. The predicted molar refractivity (Wildman–Crippen MR) is 198 cm³/mol. The number of hydrogen-bond donors (Lipinski definition) is 12. The lowest BCUT2D eigenvalue weighted by atomic mass is 9.92. The molecule has 0 unspecified atom stereocenters. The zero-order valence-corrected chi connectivity index (χ0v) is 34.3. The quantitative estimate of drug-likeness (QED) is 0.0474. The van der Waals surface area contributed by atoms with Gasteiger partial charge in [0.15, 0.2) is 12.4 Å². The highest BCUT2D eigenvalue weighted by molar-refractivity contribution is 5.89. The van der Waals surface area contributed by atoms with Crippen LogP contribution in [0, 0.1) is 0 Å². The largest absolute Gasteiger partial charge is 0.460 e. The lowest BCUT2D eigenvalue weighted by molar-refractivity contribution is -0.440. The van der Waals surface area contributed by atoms with Crippen LogP contribution in [0.1, 0.15) is 37.7 Å². The molecule has 1 saturated heterocycles. The molecule has 1 aromatic heterocycles. The third-order valence-electron chi connectivity index (χ3n) is 10.5. The number of carbonyl (C=O) groups is 3. The second-order valence-corrected chi connectivity index (χ2v) is 15.3. The highest BCUT2D eigenvalue weighted by Gasteiger charge is 2.90. The van der Waals surface area contributed by atoms with E-state index < -0.39 is 147 Å². The van der Waals surface area contributed by atoms with Crippen LogP contribution in [0.15, 0.2) is 30.5 Å². The summed E-state index contributed by atoms with van der Waals surface area (Å²) in [5.74, 6) is -42.5. The van der Waals surface area contributed by atoms with Crippen LogP contribution in [0.2, 0.25) is 0 Å². The van der Waals surface area contributed by atoms with Gasteiger partial charge in [0.2, 0.25) is 11.8 Å². The Kier molecular flexibility index (Phi) is 19.2. The lowest BCUT2D eigenvalue weighted by Crippen LogP contribution is -2.70. The highest BCUT2D eigenvalue weighted by Crippen LogP contribution is 2.60. The number of aliphatic hydroxyl groups excluding tert-OH is 8. The van der Waals surface area contributed by atoms with E-state index in [1.807, 2.05) is 6.07 Å². The minimum atomic E-state index is -8.17. The predicted octanol–water partition coefficient (Wildman–Crippen LogP) is 0.377. The fourth-order valence-electron chi connectivity index (χ4n) is 6.50. The van der Waals surface area contributed by atoms with E-state index in [1.54, 1.807) is 29.7 Å². The summed E-state index contributed by atoms with van der Waals surface area (Å²) in [6, 6.07) is 5.02. The van der Waals surface area contributed by atoms with Crippen LogP contribution >= 0.6 is 0 Å². The Hall–Kier alpha value is -4.14. The first-order valence-electron chi connectivity index (χ1n) is 19.8. The van der Waals surface area contributed by atoms with Gasteiger partial charge in [-0.15, -0.1) is 0 Å². The summed E-state index contributed by atoms with van der Waals surface area (Å²) in [6.07, 6.45) is -30.0. The van der Waals surface area contributed by atoms with E-state index in [0.717, 1.165) is 16.5 Å². The summed E-state index contributed by atoms with van der Waals surface area (Å²) in [7, 11) is 0. The van der Waals surface area contributed by atoms with Gasteiger partial charge in [0.1, 0.15) is 48.8 Å². The summed E-state index contributed by atoms with van der Waals surface area (Å²) in [4.78, 5) is 41.8. The Bertz CT molecular complexity index is 1950. The molecule has 67 heavy (non-hydrogen) atoms. The number of H-pyrrole nitrogens is 1. The third-order valence-corrected chi connectivity index (χ3v) is 10.5. The van der Waals surface area contributed by atoms with Gasteiger partial charge in [-0.05, 0) is 37.3 Å². The van der Waals surface area contributed by atoms with E-state index in [0.29, 0.717) is 0 Å². The molecule has 0 bridgehead atoms. The number of benzene rings is 1. The smallest absolute Gasteiger partial charge is 0.394 e. The van der Waals surface area contributed by atoms with Crippen molar-refractivity contribution in [2.24, 2.45) is 0 Å². The van der Waals surface area contributed by atoms with Gasteiger partial charge in [0, 0.05) is 43.0 Å². The topological polar surface area (TPSA) is 283 Å². The molecule has 3 rings (SSSR count). The second kappa shape index (κ2) is 22.5. The zero-order chi connectivity index (χ0) is 51.1. The molecule has 1 fully saturated rings. The number of nitrogens with one attached hydrogen (secondary N) is 4. The summed E-state index contributed by atoms with van der Waals surface area (Å²) >= 11 is 0. The molecule has 17 nitrogen and oxygen atoms in total. The molecule has 0 saturated carbocycles. The lowest BCUT2D eigenvalue weighted by Gasteiger charge is -2.42. The zero-order valence-electron chi connectivity index (χ0n) is 34.3. The fourth-order valence-corrected chi connectivity index (χ4v) is 6.50. The minimum Gasteiger partial charge on any atom is -0.394 e. The van der Waals surface area contributed by atoms with Crippen LogP contribution in [-0.2, 0) is 30.3 Å². The molecule has 1 aromatic carbocycles. The summed E-state index contributed by atoms with van der Waals surface area (Å²) in [5.41, 5.74) is 1.61. The summed E-state index contributed by atoms with van der Waals surface area (Å²) in [6.45, 7) is -4.47. The Morgan fingerprint density at radius 3 is 1.97 bits per heavy atom. The molecule has 2 heterocycles. The average molecular weight is 1000 g/mol. The van der Waals surface area contributed by atoms with Crippen molar-refractivity contribution in [2.45, 2.75) is 135 Å². The van der Waals surface area contributed by atoms with Gasteiger partial charge < -0.3 is 71.3 Å². The molecule has 2 aromatic rings. The van der Waals surface area contributed by atoms with E-state index >= 15 is 0 Å². The van der Waals surface area contributed by atoms with Crippen molar-refractivity contribution in [3.63, 3.8) is 0 Å². The van der Waals surface area contributed by atoms with E-state index in [2.05, 4.69) is 10.3 Å². The van der Waals surface area contributed by atoms with E-state index in [4.69, 9.17) is 9.47 Å². The molecule has 1 aliphatic heterocycles. The number of carbonyl (C=O) groups excluding carboxylic acids is 3. The maximum absolute atomic E-state index is 14.4. The maximum Gasteiger partial charge on any atom is 0.460 e. The Morgan fingerprint density at radius 2 is 1.37 bits per heavy atom. The van der Waals surface area contributed by atoms with Gasteiger partial charge in [-0.3, -0.25) is 14.4 Å². The molecular weight excluding hydrogens is 955 g/mol. The molecule has 10 atom stereocenters. The van der Waals surface area contributed by atoms with E-state index in [-0.39, 0.29) is 32.2 Å². The highest BCUT2D eigenvalue weighted by atomic mass is 19.4. The maximum atomic E-state index is 14.4. The standard InChI is InChI=1S/C37H47F13N4O13/c38-32(39,33(40,41)34(42,43)35(44,45)36(46,47)37(48,49)50)10-12-52-29(64)19(7-3-4-11-51-22(58)9-8-16-13-53-18-6-2-1-5-17(16)18)54-30(65)26(62)25(61)28(20(57)14-55)67-31-27(63)24(60)23(59)21(15-56)66-31/h1-2,5-6,13,19-21,23-28,31,53,55-57,59-63H,3-4,7-12,14-15H2,(H,51,58)(H,52,64)(H,54,65)/t19-,20+,21+,23-,24-,25+,26+,27+,28+,31-/m0/s1. The van der Waals surface area contributed by atoms with Gasteiger partial charge in [0.25, 0.3) is 5.91 Å². The number of aromatic amines is 1. The van der Waals surface area contributed by atoms with Crippen molar-refractivity contribution in [3.8, 4) is 0 Å². The Morgan fingerprint density at radius 1 is 0.761 bits per heavy atom. The first-order valence-corrected chi connectivity index (χ1v) is 19.8. The summed E-state index contributed by atoms with van der Waals surface area (Å²) in [5, 5.41) is 87.6. The van der Waals surface area contributed by atoms with Crippen molar-refractivity contribution >= 4 is 28.6 Å². The molecule has 0 aliphatic carbocycles. The van der Waals surface area contributed by atoms with E-state index in [9.17, 15) is 112 Å². The Balaban J connectivity index is 1.75. The first kappa shape index (κ1) is 57.2. The van der Waals surface area contributed by atoms with Crippen LogP contribution < -0.4 is 16.0 Å². The number of aryl methyl sites for hydroxylation is 1. The van der Waals surface area contributed by atoms with Gasteiger partial charge in [-0.25, -0.2) is 0 Å². The SMILES string of the molecule is O=C(CCc1c[nH]c2ccccc12)NCCCC[C@H](NC(=O)[C@H](O)[C@@H](O)[C@H](O[C@@H]1O[C@H](CO)[C@H](O)[C@H](O)[C@H]1O)[C@H](O)CO)C(=O)NCCC(F)(F)C(F)(F)C(F)(F)C(F)(F)C(F)(F)C(F)(F)F. The monoisotopic (exact) mass is 1000 g/mol.